The number of halogens is 1. The monoisotopic (exact) mass is 240 g/mol. The van der Waals surface area contributed by atoms with Crippen molar-refractivity contribution in [2.45, 2.75) is 12.5 Å². The van der Waals surface area contributed by atoms with Gasteiger partial charge in [0.1, 0.15) is 0 Å². The van der Waals surface area contributed by atoms with Gasteiger partial charge in [0.05, 0.1) is 6.61 Å². The molecule has 1 N–H and O–H groups in total. The lowest BCUT2D eigenvalue weighted by Gasteiger charge is -2.25. The van der Waals surface area contributed by atoms with Crippen LogP contribution in [0.1, 0.15) is 12.5 Å². The molecule has 86 valence electrons. The van der Waals surface area contributed by atoms with Crippen molar-refractivity contribution >= 4 is 17.6 Å². The Labute approximate surface area is 99.3 Å². The predicted octanol–water partition coefficient (Wildman–Crippen LogP) is 2.84. The summed E-state index contributed by atoms with van der Waals surface area (Å²) in [5.74, 6) is -1.04. The third-order valence-corrected chi connectivity index (χ3v) is 2.55. The van der Waals surface area contributed by atoms with E-state index in [1.807, 2.05) is 0 Å². The number of benzene rings is 1. The van der Waals surface area contributed by atoms with Crippen LogP contribution in [0, 0.1) is 0 Å². The van der Waals surface area contributed by atoms with Crippen LogP contribution in [0.15, 0.2) is 36.9 Å². The lowest BCUT2D eigenvalue weighted by Crippen LogP contribution is -2.35. The quantitative estimate of drug-likeness (QED) is 0.805. The maximum atomic E-state index is 11.2. The van der Waals surface area contributed by atoms with Gasteiger partial charge in [-0.25, -0.2) is 4.79 Å². The molecule has 1 rings (SSSR count). The molecule has 4 heteroatoms. The molecule has 0 amide bonds. The van der Waals surface area contributed by atoms with Crippen molar-refractivity contribution in [2.75, 3.05) is 6.61 Å². The standard InChI is InChI=1S/C12H13ClO3/c1-3-8-16-12(2,11(14)15)9-4-6-10(13)7-5-9/h3-7H,1,8H2,2H3,(H,14,15). The van der Waals surface area contributed by atoms with Gasteiger partial charge in [-0.15, -0.1) is 6.58 Å². The summed E-state index contributed by atoms with van der Waals surface area (Å²) in [6, 6.07) is 6.55. The molecular formula is C12H13ClO3. The molecule has 0 saturated carbocycles. The fourth-order valence-corrected chi connectivity index (χ4v) is 1.39. The van der Waals surface area contributed by atoms with Crippen molar-refractivity contribution < 1.29 is 14.6 Å². The average molecular weight is 241 g/mol. The highest BCUT2D eigenvalue weighted by Crippen LogP contribution is 2.27. The Morgan fingerprint density at radius 3 is 2.56 bits per heavy atom. The smallest absolute Gasteiger partial charge is 0.340 e. The zero-order valence-electron chi connectivity index (χ0n) is 8.94. The van der Waals surface area contributed by atoms with E-state index in [4.69, 9.17) is 16.3 Å². The summed E-state index contributed by atoms with van der Waals surface area (Å²) in [5, 5.41) is 9.75. The molecule has 0 aromatic heterocycles. The summed E-state index contributed by atoms with van der Waals surface area (Å²) in [6.07, 6.45) is 1.51. The van der Waals surface area contributed by atoms with Gasteiger partial charge in [0.2, 0.25) is 0 Å². The first-order chi connectivity index (χ1) is 7.50. The number of carboxylic acid groups (broad SMARTS) is 1. The molecule has 0 aliphatic rings. The molecule has 0 spiro atoms. The summed E-state index contributed by atoms with van der Waals surface area (Å²) < 4.78 is 5.31. The Bertz CT molecular complexity index is 386. The molecule has 0 heterocycles. The van der Waals surface area contributed by atoms with Crippen molar-refractivity contribution in [3.63, 3.8) is 0 Å². The van der Waals surface area contributed by atoms with E-state index in [0.29, 0.717) is 10.6 Å². The number of hydrogen-bond donors (Lipinski definition) is 1. The molecule has 1 unspecified atom stereocenters. The van der Waals surface area contributed by atoms with Crippen LogP contribution in [0.4, 0.5) is 0 Å². The molecule has 0 aliphatic carbocycles. The molecule has 1 atom stereocenters. The molecule has 16 heavy (non-hydrogen) atoms. The van der Waals surface area contributed by atoms with Crippen molar-refractivity contribution in [3.05, 3.63) is 47.5 Å². The van der Waals surface area contributed by atoms with Crippen LogP contribution in [-0.4, -0.2) is 17.7 Å². The maximum absolute atomic E-state index is 11.2. The average Bonchev–Trinajstić information content (AvgIpc) is 2.26. The first-order valence-electron chi connectivity index (χ1n) is 4.75. The van der Waals surface area contributed by atoms with E-state index >= 15 is 0 Å². The van der Waals surface area contributed by atoms with Crippen molar-refractivity contribution in [3.8, 4) is 0 Å². The zero-order valence-corrected chi connectivity index (χ0v) is 9.70. The predicted molar refractivity (Wildman–Crippen MR) is 62.6 cm³/mol. The van der Waals surface area contributed by atoms with Crippen LogP contribution in [0.3, 0.4) is 0 Å². The van der Waals surface area contributed by atoms with Gasteiger partial charge in [-0.3, -0.25) is 0 Å². The Morgan fingerprint density at radius 2 is 2.12 bits per heavy atom. The van der Waals surface area contributed by atoms with E-state index in [1.165, 1.54) is 13.0 Å². The van der Waals surface area contributed by atoms with Gasteiger partial charge >= 0.3 is 5.97 Å². The molecule has 0 fully saturated rings. The summed E-state index contributed by atoms with van der Waals surface area (Å²) in [7, 11) is 0. The topological polar surface area (TPSA) is 46.5 Å². The molecule has 0 bridgehead atoms. The Morgan fingerprint density at radius 1 is 1.56 bits per heavy atom. The van der Waals surface area contributed by atoms with Gasteiger partial charge in [0.15, 0.2) is 5.60 Å². The highest BCUT2D eigenvalue weighted by molar-refractivity contribution is 6.30. The second kappa shape index (κ2) is 5.14. The lowest BCUT2D eigenvalue weighted by atomic mass is 9.96. The number of rotatable bonds is 5. The molecule has 0 saturated heterocycles. The number of carbonyl (C=O) groups is 1. The minimum atomic E-state index is -1.38. The van der Waals surface area contributed by atoms with Crippen LogP contribution < -0.4 is 0 Å². The normalized spacial score (nSPS) is 14.1. The molecule has 1 aromatic carbocycles. The largest absolute Gasteiger partial charge is 0.479 e. The fraction of sp³-hybridized carbons (Fsp3) is 0.250. The summed E-state index contributed by atoms with van der Waals surface area (Å²) in [4.78, 5) is 11.2. The highest BCUT2D eigenvalue weighted by Gasteiger charge is 2.35. The highest BCUT2D eigenvalue weighted by atomic mass is 35.5. The summed E-state index contributed by atoms with van der Waals surface area (Å²) in [6.45, 7) is 5.17. The molecule has 0 radical (unpaired) electrons. The van der Waals surface area contributed by atoms with Gasteiger partial charge in [0, 0.05) is 5.02 Å². The molecular weight excluding hydrogens is 228 g/mol. The first kappa shape index (κ1) is 12.7. The molecule has 0 aliphatic heterocycles. The second-order valence-electron chi connectivity index (χ2n) is 3.44. The second-order valence-corrected chi connectivity index (χ2v) is 3.88. The first-order valence-corrected chi connectivity index (χ1v) is 5.13. The van der Waals surface area contributed by atoms with Gasteiger partial charge in [0.25, 0.3) is 0 Å². The maximum Gasteiger partial charge on any atom is 0.340 e. The van der Waals surface area contributed by atoms with Crippen molar-refractivity contribution in [1.82, 2.24) is 0 Å². The number of aliphatic carboxylic acids is 1. The van der Waals surface area contributed by atoms with Gasteiger partial charge in [-0.2, -0.15) is 0 Å². The summed E-state index contributed by atoms with van der Waals surface area (Å²) in [5.41, 5.74) is -0.829. The lowest BCUT2D eigenvalue weighted by molar-refractivity contribution is -0.163. The van der Waals surface area contributed by atoms with Gasteiger partial charge in [-0.05, 0) is 24.6 Å². The van der Waals surface area contributed by atoms with Crippen LogP contribution in [0.5, 0.6) is 0 Å². The van der Waals surface area contributed by atoms with Crippen LogP contribution in [0.2, 0.25) is 5.02 Å². The van der Waals surface area contributed by atoms with E-state index in [9.17, 15) is 9.90 Å². The third-order valence-electron chi connectivity index (χ3n) is 2.29. The minimum absolute atomic E-state index is 0.172. The number of hydrogen-bond acceptors (Lipinski definition) is 2. The SMILES string of the molecule is C=CCOC(C)(C(=O)O)c1ccc(Cl)cc1. The van der Waals surface area contributed by atoms with E-state index in [1.54, 1.807) is 24.3 Å². The van der Waals surface area contributed by atoms with E-state index < -0.39 is 11.6 Å². The zero-order chi connectivity index (χ0) is 12.2. The van der Waals surface area contributed by atoms with Crippen LogP contribution >= 0.6 is 11.6 Å². The van der Waals surface area contributed by atoms with Crippen molar-refractivity contribution in [1.29, 1.82) is 0 Å². The minimum Gasteiger partial charge on any atom is -0.479 e. The third kappa shape index (κ3) is 2.62. The number of carboxylic acids is 1. The Kier molecular flexibility index (Phi) is 4.10. The Hall–Kier alpha value is -1.32. The van der Waals surface area contributed by atoms with Gasteiger partial charge in [-0.1, -0.05) is 29.8 Å². The fourth-order valence-electron chi connectivity index (χ4n) is 1.26. The van der Waals surface area contributed by atoms with E-state index in [0.717, 1.165) is 0 Å². The Balaban J connectivity index is 3.05. The summed E-state index contributed by atoms with van der Waals surface area (Å²) >= 11 is 5.74. The van der Waals surface area contributed by atoms with E-state index in [-0.39, 0.29) is 6.61 Å². The van der Waals surface area contributed by atoms with E-state index in [2.05, 4.69) is 6.58 Å². The van der Waals surface area contributed by atoms with Crippen LogP contribution in [0.25, 0.3) is 0 Å². The van der Waals surface area contributed by atoms with Crippen LogP contribution in [-0.2, 0) is 15.1 Å². The molecule has 3 nitrogen and oxygen atoms in total. The van der Waals surface area contributed by atoms with Crippen molar-refractivity contribution in [2.24, 2.45) is 0 Å². The van der Waals surface area contributed by atoms with Gasteiger partial charge < -0.3 is 9.84 Å². The molecule has 1 aromatic rings. The number of ether oxygens (including phenoxy) is 1.